The number of halogens is 3. The third-order valence-electron chi connectivity index (χ3n) is 0.882. The Morgan fingerprint density at radius 1 is 1.36 bits per heavy atom. The zero-order chi connectivity index (χ0) is 9.12. The Balaban J connectivity index is 3.70. The van der Waals surface area contributed by atoms with Crippen LogP contribution in [0.4, 0.5) is 0 Å². The molecule has 1 unspecified atom stereocenters. The molecule has 3 nitrogen and oxygen atoms in total. The molecule has 0 bridgehead atoms. The van der Waals surface area contributed by atoms with Crippen LogP contribution in [0, 0.1) is 0 Å². The molecule has 0 radical (unpaired) electrons. The Morgan fingerprint density at radius 2 is 1.82 bits per heavy atom. The van der Waals surface area contributed by atoms with E-state index in [0.29, 0.717) is 0 Å². The molecule has 0 aliphatic carbocycles. The minimum absolute atomic E-state index is 0.238. The van der Waals surface area contributed by atoms with Crippen molar-refractivity contribution in [2.45, 2.75) is 16.7 Å². The Bertz CT molecular complexity index is 121. The van der Waals surface area contributed by atoms with E-state index in [-0.39, 0.29) is 6.61 Å². The van der Waals surface area contributed by atoms with E-state index >= 15 is 0 Å². The number of methoxy groups -OCH3 is 1. The van der Waals surface area contributed by atoms with Gasteiger partial charge in [0.05, 0.1) is 6.61 Å². The van der Waals surface area contributed by atoms with Crippen LogP contribution in [0.1, 0.15) is 6.92 Å². The largest absolute Gasteiger partial charge is 0.344 e. The van der Waals surface area contributed by atoms with Crippen LogP contribution in [0.15, 0.2) is 0 Å². The third kappa shape index (κ3) is 7.12. The Kier molecular flexibility index (Phi) is 4.40. The van der Waals surface area contributed by atoms with Gasteiger partial charge in [-0.2, -0.15) is 0 Å². The van der Waals surface area contributed by atoms with Gasteiger partial charge < -0.3 is 14.6 Å². The molecule has 68 valence electrons. The summed E-state index contributed by atoms with van der Waals surface area (Å²) in [4.78, 5) is 0. The molecule has 6 heteroatoms. The Labute approximate surface area is 80.1 Å². The number of hydrogen-bond donors (Lipinski definition) is 1. The maximum Gasteiger partial charge on any atom is 0.277 e. The van der Waals surface area contributed by atoms with Crippen LogP contribution >= 0.6 is 34.8 Å². The van der Waals surface area contributed by atoms with Crippen molar-refractivity contribution in [1.29, 1.82) is 0 Å². The second-order valence-electron chi connectivity index (χ2n) is 2.01. The molecule has 1 N–H and O–H groups in total. The maximum atomic E-state index is 9.07. The number of hydrogen-bond acceptors (Lipinski definition) is 3. The standard InChI is InChI=1S/C5H9Cl3O3/c1-4(9,10-2)11-3-5(6,7)8/h9H,3H2,1-2H3. The van der Waals surface area contributed by atoms with Crippen molar-refractivity contribution in [3.8, 4) is 0 Å². The Morgan fingerprint density at radius 3 is 2.09 bits per heavy atom. The molecule has 0 amide bonds. The van der Waals surface area contributed by atoms with Crippen molar-refractivity contribution in [2.24, 2.45) is 0 Å². The molecule has 11 heavy (non-hydrogen) atoms. The van der Waals surface area contributed by atoms with E-state index < -0.39 is 9.77 Å². The molecule has 0 aromatic heterocycles. The van der Waals surface area contributed by atoms with Crippen LogP contribution in [0.5, 0.6) is 0 Å². The summed E-state index contributed by atoms with van der Waals surface area (Å²) in [5, 5.41) is 9.07. The lowest BCUT2D eigenvalue weighted by Crippen LogP contribution is -2.33. The van der Waals surface area contributed by atoms with Crippen LogP contribution in [0.3, 0.4) is 0 Å². The Hall–Kier alpha value is 0.750. The molecule has 0 spiro atoms. The predicted octanol–water partition coefficient (Wildman–Crippen LogP) is 1.69. The molecule has 1 atom stereocenters. The van der Waals surface area contributed by atoms with Crippen molar-refractivity contribution in [2.75, 3.05) is 13.7 Å². The van der Waals surface area contributed by atoms with Crippen LogP contribution in [-0.4, -0.2) is 28.6 Å². The number of rotatable bonds is 3. The molecule has 0 fully saturated rings. The van der Waals surface area contributed by atoms with Gasteiger partial charge >= 0.3 is 0 Å². The minimum atomic E-state index is -1.70. The molecule has 0 aliphatic rings. The van der Waals surface area contributed by atoms with Gasteiger partial charge in [-0.1, -0.05) is 34.8 Å². The minimum Gasteiger partial charge on any atom is -0.344 e. The van der Waals surface area contributed by atoms with Gasteiger partial charge in [-0.3, -0.25) is 0 Å². The van der Waals surface area contributed by atoms with Gasteiger partial charge in [0.1, 0.15) is 0 Å². The van der Waals surface area contributed by atoms with Gasteiger partial charge in [0.25, 0.3) is 5.97 Å². The summed E-state index contributed by atoms with van der Waals surface area (Å²) in [6.45, 7) is 1.06. The van der Waals surface area contributed by atoms with E-state index in [4.69, 9.17) is 39.9 Å². The maximum absolute atomic E-state index is 9.07. The van der Waals surface area contributed by atoms with Crippen molar-refractivity contribution >= 4 is 34.8 Å². The number of ether oxygens (including phenoxy) is 2. The fourth-order valence-corrected chi connectivity index (χ4v) is 0.438. The predicted molar refractivity (Wildman–Crippen MR) is 43.9 cm³/mol. The number of aliphatic hydroxyl groups is 1. The molecule has 0 aliphatic heterocycles. The smallest absolute Gasteiger partial charge is 0.277 e. The van der Waals surface area contributed by atoms with Crippen LogP contribution in [0.2, 0.25) is 0 Å². The average Bonchev–Trinajstić information content (AvgIpc) is 1.83. The first-order chi connectivity index (χ1) is 4.77. The van der Waals surface area contributed by atoms with Gasteiger partial charge in [-0.15, -0.1) is 0 Å². The van der Waals surface area contributed by atoms with Crippen LogP contribution < -0.4 is 0 Å². The van der Waals surface area contributed by atoms with Crippen molar-refractivity contribution < 1.29 is 14.6 Å². The molecule has 0 saturated carbocycles. The lowest BCUT2D eigenvalue weighted by atomic mass is 10.6. The van der Waals surface area contributed by atoms with Gasteiger partial charge in [0.2, 0.25) is 3.79 Å². The molecule has 0 rings (SSSR count). The van der Waals surface area contributed by atoms with Gasteiger partial charge in [0.15, 0.2) is 0 Å². The zero-order valence-electron chi connectivity index (χ0n) is 6.10. The van der Waals surface area contributed by atoms with E-state index in [2.05, 4.69) is 9.47 Å². The van der Waals surface area contributed by atoms with E-state index in [0.717, 1.165) is 0 Å². The summed E-state index contributed by atoms with van der Waals surface area (Å²) >= 11 is 16.0. The summed E-state index contributed by atoms with van der Waals surface area (Å²) < 4.78 is 7.63. The number of alkyl halides is 3. The quantitative estimate of drug-likeness (QED) is 0.584. The fraction of sp³-hybridized carbons (Fsp3) is 1.00. The van der Waals surface area contributed by atoms with Crippen molar-refractivity contribution in [3.63, 3.8) is 0 Å². The second-order valence-corrected chi connectivity index (χ2v) is 4.52. The summed E-state index contributed by atoms with van der Waals surface area (Å²) in [5.74, 6) is -1.70. The average molecular weight is 223 g/mol. The highest BCUT2D eigenvalue weighted by atomic mass is 35.6. The molecule has 0 aromatic carbocycles. The normalized spacial score (nSPS) is 18.0. The first kappa shape index (κ1) is 11.8. The summed E-state index contributed by atoms with van der Waals surface area (Å²) in [6, 6.07) is 0. The second kappa shape index (κ2) is 4.12. The SMILES string of the molecule is COC(C)(O)OCC(Cl)(Cl)Cl. The van der Waals surface area contributed by atoms with Gasteiger partial charge in [0, 0.05) is 14.0 Å². The first-order valence-electron chi connectivity index (χ1n) is 2.75. The van der Waals surface area contributed by atoms with E-state index in [9.17, 15) is 0 Å². The summed E-state index contributed by atoms with van der Waals surface area (Å²) in [5.41, 5.74) is 0. The topological polar surface area (TPSA) is 38.7 Å². The molecular weight excluding hydrogens is 214 g/mol. The van der Waals surface area contributed by atoms with E-state index in [1.165, 1.54) is 14.0 Å². The first-order valence-corrected chi connectivity index (χ1v) is 3.88. The molecule has 0 aromatic rings. The van der Waals surface area contributed by atoms with Crippen LogP contribution in [0.25, 0.3) is 0 Å². The fourth-order valence-electron chi connectivity index (χ4n) is 0.275. The molecule has 0 heterocycles. The molecular formula is C5H9Cl3O3. The van der Waals surface area contributed by atoms with Gasteiger partial charge in [-0.25, -0.2) is 0 Å². The molecule has 0 saturated heterocycles. The zero-order valence-corrected chi connectivity index (χ0v) is 8.37. The lowest BCUT2D eigenvalue weighted by molar-refractivity contribution is -0.337. The highest BCUT2D eigenvalue weighted by Crippen LogP contribution is 2.27. The lowest BCUT2D eigenvalue weighted by Gasteiger charge is -2.23. The van der Waals surface area contributed by atoms with E-state index in [1.807, 2.05) is 0 Å². The van der Waals surface area contributed by atoms with Crippen molar-refractivity contribution in [3.05, 3.63) is 0 Å². The van der Waals surface area contributed by atoms with Crippen molar-refractivity contribution in [1.82, 2.24) is 0 Å². The highest BCUT2D eigenvalue weighted by molar-refractivity contribution is 6.67. The summed E-state index contributed by atoms with van der Waals surface area (Å²) in [7, 11) is 1.28. The third-order valence-corrected chi connectivity index (χ3v) is 1.21. The highest BCUT2D eigenvalue weighted by Gasteiger charge is 2.27. The summed E-state index contributed by atoms with van der Waals surface area (Å²) in [6.07, 6.45) is 0. The van der Waals surface area contributed by atoms with Gasteiger partial charge in [-0.05, 0) is 0 Å². The van der Waals surface area contributed by atoms with E-state index in [1.54, 1.807) is 0 Å². The monoisotopic (exact) mass is 222 g/mol. The van der Waals surface area contributed by atoms with Crippen LogP contribution in [-0.2, 0) is 9.47 Å².